The first-order valence-electron chi connectivity index (χ1n) is 21.8. The predicted molar refractivity (Wildman–Crippen MR) is 227 cm³/mol. The predicted octanol–water partition coefficient (Wildman–Crippen LogP) is 11.7. The molecule has 320 valence electrons. The lowest BCUT2D eigenvalue weighted by atomic mass is 10.1. The van der Waals surface area contributed by atoms with E-state index in [9.17, 15) is 19.0 Å². The summed E-state index contributed by atoms with van der Waals surface area (Å²) in [6, 6.07) is 0. The minimum absolute atomic E-state index is 0.0364. The summed E-state index contributed by atoms with van der Waals surface area (Å²) in [7, 11) is 1.15. The molecule has 0 bridgehead atoms. The van der Waals surface area contributed by atoms with Gasteiger partial charge in [-0.05, 0) is 77.0 Å². The summed E-state index contributed by atoms with van der Waals surface area (Å²) in [6.45, 7) is 4.14. The maximum absolute atomic E-state index is 12.7. The van der Waals surface area contributed by atoms with Crippen LogP contribution >= 0.6 is 7.82 Å². The summed E-state index contributed by atoms with van der Waals surface area (Å²) >= 11 is 0. The van der Waals surface area contributed by atoms with E-state index >= 15 is 0 Å². The van der Waals surface area contributed by atoms with E-state index in [1.165, 1.54) is 51.4 Å². The zero-order valence-electron chi connectivity index (χ0n) is 35.9. The lowest BCUT2D eigenvalue weighted by Gasteiger charge is -2.28. The second kappa shape index (κ2) is 37.5. The number of quaternary nitrogens is 1. The van der Waals surface area contributed by atoms with E-state index in [-0.39, 0.29) is 26.1 Å². The minimum Gasteiger partial charge on any atom is -0.756 e. The lowest BCUT2D eigenvalue weighted by Crippen LogP contribution is -2.37. The van der Waals surface area contributed by atoms with Gasteiger partial charge < -0.3 is 27.9 Å². The van der Waals surface area contributed by atoms with Crippen LogP contribution in [0, 0.1) is 0 Å². The smallest absolute Gasteiger partial charge is 0.306 e. The Hall–Kier alpha value is -2.03. The molecule has 0 aliphatic carbocycles. The van der Waals surface area contributed by atoms with Crippen LogP contribution in [0.5, 0.6) is 0 Å². The van der Waals surface area contributed by atoms with E-state index in [0.717, 1.165) is 83.5 Å². The molecule has 2 atom stereocenters. The molecule has 0 aromatic carbocycles. The highest BCUT2D eigenvalue weighted by atomic mass is 31.2. The highest BCUT2D eigenvalue weighted by Gasteiger charge is 2.21. The molecule has 0 N–H and O–H groups in total. The van der Waals surface area contributed by atoms with Crippen LogP contribution in [0.2, 0.25) is 0 Å². The van der Waals surface area contributed by atoms with Crippen molar-refractivity contribution in [3.63, 3.8) is 0 Å². The Labute approximate surface area is 337 Å². The normalized spacial score (nSPS) is 14.1. The summed E-state index contributed by atoms with van der Waals surface area (Å²) in [5, 5.41) is 0. The first-order valence-corrected chi connectivity index (χ1v) is 23.3. The molecule has 0 fully saturated rings. The van der Waals surface area contributed by atoms with Crippen molar-refractivity contribution >= 4 is 19.8 Å². The summed E-state index contributed by atoms with van der Waals surface area (Å²) in [5.41, 5.74) is 0. The van der Waals surface area contributed by atoms with E-state index < -0.39 is 32.5 Å². The van der Waals surface area contributed by atoms with Gasteiger partial charge in [-0.15, -0.1) is 0 Å². The van der Waals surface area contributed by atoms with Gasteiger partial charge in [-0.2, -0.15) is 0 Å². The van der Waals surface area contributed by atoms with Gasteiger partial charge in [0.05, 0.1) is 27.7 Å². The lowest BCUT2D eigenvalue weighted by molar-refractivity contribution is -0.870. The number of rotatable bonds is 39. The Morgan fingerprint density at radius 3 is 1.47 bits per heavy atom. The van der Waals surface area contributed by atoms with E-state index in [4.69, 9.17) is 18.5 Å². The Kier molecular flexibility index (Phi) is 36.2. The van der Waals surface area contributed by atoms with E-state index in [0.29, 0.717) is 23.9 Å². The quantitative estimate of drug-likeness (QED) is 0.0199. The second-order valence-electron chi connectivity index (χ2n) is 15.7. The van der Waals surface area contributed by atoms with E-state index in [1.54, 1.807) is 0 Å². The molecule has 0 spiro atoms. The Bertz CT molecular complexity index is 1080. The van der Waals surface area contributed by atoms with Gasteiger partial charge >= 0.3 is 11.9 Å². The molecule has 0 saturated heterocycles. The van der Waals surface area contributed by atoms with Crippen molar-refractivity contribution in [1.29, 1.82) is 0 Å². The summed E-state index contributed by atoms with van der Waals surface area (Å²) < 4.78 is 33.8. The van der Waals surface area contributed by atoms with Crippen LogP contribution in [0.4, 0.5) is 0 Å². The Balaban J connectivity index is 4.39. The summed E-state index contributed by atoms with van der Waals surface area (Å²) in [5.74, 6) is -0.862. The number of unbranched alkanes of at least 4 members (excludes halogenated alkanes) is 17. The maximum atomic E-state index is 12.7. The molecule has 0 radical (unpaired) electrons. The van der Waals surface area contributed by atoms with Crippen molar-refractivity contribution in [2.24, 2.45) is 0 Å². The van der Waals surface area contributed by atoms with Crippen molar-refractivity contribution in [1.82, 2.24) is 0 Å². The number of phosphoric acid groups is 1. The van der Waals surface area contributed by atoms with Gasteiger partial charge in [0, 0.05) is 12.8 Å². The third-order valence-electron chi connectivity index (χ3n) is 9.07. The number of hydrogen-bond acceptors (Lipinski definition) is 8. The molecule has 0 aromatic heterocycles. The number of carbonyl (C=O) groups is 2. The fourth-order valence-corrected chi connectivity index (χ4v) is 6.32. The average molecular weight is 796 g/mol. The fourth-order valence-electron chi connectivity index (χ4n) is 5.60. The van der Waals surface area contributed by atoms with Crippen molar-refractivity contribution in [3.8, 4) is 0 Å². The molecule has 10 heteroatoms. The zero-order chi connectivity index (χ0) is 40.7. The molecular formula is C45H82NO8P. The van der Waals surface area contributed by atoms with Gasteiger partial charge in [-0.25, -0.2) is 0 Å². The highest BCUT2D eigenvalue weighted by Crippen LogP contribution is 2.38. The van der Waals surface area contributed by atoms with Gasteiger partial charge in [0.15, 0.2) is 6.10 Å². The maximum Gasteiger partial charge on any atom is 0.306 e. The first kappa shape index (κ1) is 53.0. The molecule has 55 heavy (non-hydrogen) atoms. The summed E-state index contributed by atoms with van der Waals surface area (Å²) in [6.07, 6.45) is 42.7. The van der Waals surface area contributed by atoms with Crippen molar-refractivity contribution in [2.45, 2.75) is 180 Å². The summed E-state index contributed by atoms with van der Waals surface area (Å²) in [4.78, 5) is 37.5. The van der Waals surface area contributed by atoms with Crippen LogP contribution in [0.25, 0.3) is 0 Å². The van der Waals surface area contributed by atoms with Gasteiger partial charge in [0.25, 0.3) is 7.82 Å². The zero-order valence-corrected chi connectivity index (χ0v) is 36.8. The largest absolute Gasteiger partial charge is 0.756 e. The number of esters is 2. The number of hydrogen-bond donors (Lipinski definition) is 0. The van der Waals surface area contributed by atoms with Gasteiger partial charge in [0.1, 0.15) is 19.8 Å². The van der Waals surface area contributed by atoms with Crippen molar-refractivity contribution in [2.75, 3.05) is 47.5 Å². The van der Waals surface area contributed by atoms with Crippen LogP contribution in [0.3, 0.4) is 0 Å². The molecule has 0 amide bonds. The molecular weight excluding hydrogens is 713 g/mol. The highest BCUT2D eigenvalue weighted by molar-refractivity contribution is 7.45. The van der Waals surface area contributed by atoms with Crippen LogP contribution in [-0.2, 0) is 32.7 Å². The van der Waals surface area contributed by atoms with Crippen LogP contribution in [0.15, 0.2) is 48.6 Å². The third-order valence-corrected chi connectivity index (χ3v) is 10.0. The molecule has 2 unspecified atom stereocenters. The second-order valence-corrected chi connectivity index (χ2v) is 17.1. The first-order chi connectivity index (χ1) is 26.5. The van der Waals surface area contributed by atoms with E-state index in [1.807, 2.05) is 21.1 Å². The SMILES string of the molecule is CCCCC/C=C\C/C=C\C/C=C\CCCCCCCCC(=O)OC(COC(=O)CCCCCCC/C=C\CCCCC)COP(=O)([O-])OCC[N+](C)(C)C. The molecule has 0 aliphatic rings. The Morgan fingerprint density at radius 1 is 0.564 bits per heavy atom. The number of likely N-dealkylation sites (N-methyl/N-ethyl adjacent to an activating group) is 1. The number of ether oxygens (including phenoxy) is 2. The fraction of sp³-hybridized carbons (Fsp3) is 0.778. The standard InChI is InChI=1S/C45H82NO8P/c1-6-8-10-12-14-16-18-20-21-22-23-24-25-26-28-30-32-34-36-38-45(48)54-43(42-53-55(49,50)52-40-39-46(3,4)5)41-51-44(47)37-35-33-31-29-27-19-17-15-13-11-9-7-2/h14-17,20-21,23-24,43H,6-13,18-19,22,25-42H2,1-5H3/b16-14-,17-15-,21-20-,24-23-. The monoisotopic (exact) mass is 796 g/mol. The van der Waals surface area contributed by atoms with Gasteiger partial charge in [-0.1, -0.05) is 133 Å². The van der Waals surface area contributed by atoms with Gasteiger partial charge in [0.2, 0.25) is 0 Å². The minimum atomic E-state index is -4.63. The third kappa shape index (κ3) is 41.4. The molecule has 0 aromatic rings. The van der Waals surface area contributed by atoms with Crippen LogP contribution in [-0.4, -0.2) is 70.0 Å². The molecule has 0 aliphatic heterocycles. The van der Waals surface area contributed by atoms with Crippen LogP contribution in [0.1, 0.15) is 174 Å². The molecule has 0 saturated carbocycles. The Morgan fingerprint density at radius 2 is 0.982 bits per heavy atom. The van der Waals surface area contributed by atoms with Crippen molar-refractivity contribution < 1.29 is 42.1 Å². The van der Waals surface area contributed by atoms with E-state index in [2.05, 4.69) is 62.5 Å². The number of carbonyl (C=O) groups excluding carboxylic acids is 2. The average Bonchev–Trinajstić information content (AvgIpc) is 3.13. The van der Waals surface area contributed by atoms with Crippen molar-refractivity contribution in [3.05, 3.63) is 48.6 Å². The number of phosphoric ester groups is 1. The number of nitrogens with zero attached hydrogens (tertiary/aromatic N) is 1. The molecule has 9 nitrogen and oxygen atoms in total. The molecule has 0 rings (SSSR count). The molecule has 0 heterocycles. The van der Waals surface area contributed by atoms with Crippen LogP contribution < -0.4 is 4.89 Å². The number of allylic oxidation sites excluding steroid dienone is 8. The van der Waals surface area contributed by atoms with Gasteiger partial charge in [-0.3, -0.25) is 14.2 Å². The topological polar surface area (TPSA) is 111 Å².